The highest BCUT2D eigenvalue weighted by molar-refractivity contribution is 9.10. The van der Waals surface area contributed by atoms with Gasteiger partial charge in [-0.05, 0) is 67.7 Å². The van der Waals surface area contributed by atoms with Crippen molar-refractivity contribution < 1.29 is 0 Å². The normalized spacial score (nSPS) is 13.4. The largest absolute Gasteiger partial charge is 0.371 e. The van der Waals surface area contributed by atoms with Gasteiger partial charge in [0.2, 0.25) is 0 Å². The van der Waals surface area contributed by atoms with E-state index in [-0.39, 0.29) is 5.54 Å². The molecule has 0 amide bonds. The summed E-state index contributed by atoms with van der Waals surface area (Å²) in [5.41, 5.74) is 2.72. The standard InChI is InChI=1S/C16H27BrN2/c1-7-12(2)19(6)15-9-8-13(10-14(15)17)11-18-16(3,4)5/h8-10,12,18H,7,11H2,1-6H3. The molecule has 0 aliphatic carbocycles. The third-order valence-corrected chi connectivity index (χ3v) is 4.10. The molecule has 0 aliphatic heterocycles. The topological polar surface area (TPSA) is 15.3 Å². The van der Waals surface area contributed by atoms with E-state index in [1.54, 1.807) is 0 Å². The van der Waals surface area contributed by atoms with E-state index in [1.165, 1.54) is 15.7 Å². The van der Waals surface area contributed by atoms with Crippen LogP contribution in [0.25, 0.3) is 0 Å². The minimum atomic E-state index is 0.151. The van der Waals surface area contributed by atoms with Crippen LogP contribution in [0.15, 0.2) is 22.7 Å². The molecular weight excluding hydrogens is 300 g/mol. The lowest BCUT2D eigenvalue weighted by Crippen LogP contribution is -2.35. The first-order valence-corrected chi connectivity index (χ1v) is 7.80. The second kappa shape index (κ2) is 6.76. The minimum Gasteiger partial charge on any atom is -0.371 e. The second-order valence-electron chi connectivity index (χ2n) is 6.26. The quantitative estimate of drug-likeness (QED) is 0.852. The summed E-state index contributed by atoms with van der Waals surface area (Å²) in [5.74, 6) is 0. The zero-order valence-corrected chi connectivity index (χ0v) is 14.6. The summed E-state index contributed by atoms with van der Waals surface area (Å²) in [4.78, 5) is 2.32. The fourth-order valence-corrected chi connectivity index (χ4v) is 2.53. The Balaban J connectivity index is 2.80. The molecule has 3 heteroatoms. The van der Waals surface area contributed by atoms with Gasteiger partial charge in [-0.15, -0.1) is 0 Å². The minimum absolute atomic E-state index is 0.151. The summed E-state index contributed by atoms with van der Waals surface area (Å²) in [6, 6.07) is 7.18. The summed E-state index contributed by atoms with van der Waals surface area (Å²) in [5, 5.41) is 3.51. The van der Waals surface area contributed by atoms with Crippen LogP contribution in [0.1, 0.15) is 46.6 Å². The predicted molar refractivity (Wildman–Crippen MR) is 88.9 cm³/mol. The first-order valence-electron chi connectivity index (χ1n) is 7.01. The van der Waals surface area contributed by atoms with Gasteiger partial charge in [-0.3, -0.25) is 0 Å². The number of anilines is 1. The third-order valence-electron chi connectivity index (χ3n) is 3.47. The number of rotatable bonds is 5. The van der Waals surface area contributed by atoms with Crippen molar-refractivity contribution >= 4 is 21.6 Å². The van der Waals surface area contributed by atoms with Gasteiger partial charge >= 0.3 is 0 Å². The number of hydrogen-bond donors (Lipinski definition) is 1. The van der Waals surface area contributed by atoms with Gasteiger partial charge in [0.05, 0.1) is 5.69 Å². The van der Waals surface area contributed by atoms with Crippen LogP contribution in [0.5, 0.6) is 0 Å². The highest BCUT2D eigenvalue weighted by Crippen LogP contribution is 2.28. The zero-order valence-electron chi connectivity index (χ0n) is 13.0. The van der Waals surface area contributed by atoms with Crippen LogP contribution < -0.4 is 10.2 Å². The van der Waals surface area contributed by atoms with Crippen LogP contribution in [0.2, 0.25) is 0 Å². The molecule has 19 heavy (non-hydrogen) atoms. The molecule has 2 nitrogen and oxygen atoms in total. The first-order chi connectivity index (χ1) is 8.74. The zero-order chi connectivity index (χ0) is 14.6. The molecule has 1 N–H and O–H groups in total. The molecule has 0 saturated heterocycles. The molecule has 0 aromatic heterocycles. The Morgan fingerprint density at radius 3 is 2.42 bits per heavy atom. The second-order valence-corrected chi connectivity index (χ2v) is 7.11. The smallest absolute Gasteiger partial charge is 0.0510 e. The number of hydrogen-bond acceptors (Lipinski definition) is 2. The Hall–Kier alpha value is -0.540. The van der Waals surface area contributed by atoms with E-state index in [9.17, 15) is 0 Å². The van der Waals surface area contributed by atoms with Gasteiger partial charge in [-0.25, -0.2) is 0 Å². The maximum absolute atomic E-state index is 3.70. The summed E-state index contributed by atoms with van der Waals surface area (Å²) >= 11 is 3.70. The molecular formula is C16H27BrN2. The van der Waals surface area contributed by atoms with E-state index in [0.717, 1.165) is 13.0 Å². The SMILES string of the molecule is CCC(C)N(C)c1ccc(CNC(C)(C)C)cc1Br. The van der Waals surface area contributed by atoms with Gasteiger partial charge in [-0.2, -0.15) is 0 Å². The molecule has 0 heterocycles. The van der Waals surface area contributed by atoms with Crippen LogP contribution in [-0.2, 0) is 6.54 Å². The molecule has 0 fully saturated rings. The van der Waals surface area contributed by atoms with E-state index in [4.69, 9.17) is 0 Å². The number of benzene rings is 1. The monoisotopic (exact) mass is 326 g/mol. The number of nitrogens with zero attached hydrogens (tertiary/aromatic N) is 1. The first kappa shape index (κ1) is 16.5. The van der Waals surface area contributed by atoms with Crippen LogP contribution in [0.4, 0.5) is 5.69 Å². The molecule has 1 atom stereocenters. The van der Waals surface area contributed by atoms with Crippen LogP contribution in [-0.4, -0.2) is 18.6 Å². The predicted octanol–water partition coefficient (Wildman–Crippen LogP) is 4.57. The van der Waals surface area contributed by atoms with Gasteiger partial charge in [0.1, 0.15) is 0 Å². The molecule has 1 aromatic carbocycles. The van der Waals surface area contributed by atoms with E-state index in [0.29, 0.717) is 6.04 Å². The van der Waals surface area contributed by atoms with Crippen molar-refractivity contribution in [3.8, 4) is 0 Å². The lowest BCUT2D eigenvalue weighted by Gasteiger charge is -2.27. The highest BCUT2D eigenvalue weighted by Gasteiger charge is 2.13. The van der Waals surface area contributed by atoms with E-state index in [2.05, 4.69) is 86.0 Å². The molecule has 108 valence electrons. The average Bonchev–Trinajstić information content (AvgIpc) is 2.34. The van der Waals surface area contributed by atoms with Gasteiger partial charge in [0.15, 0.2) is 0 Å². The van der Waals surface area contributed by atoms with Crippen molar-refractivity contribution in [1.29, 1.82) is 0 Å². The van der Waals surface area contributed by atoms with Gasteiger partial charge in [0, 0.05) is 29.6 Å². The lowest BCUT2D eigenvalue weighted by molar-refractivity contribution is 0.424. The Morgan fingerprint density at radius 1 is 1.32 bits per heavy atom. The van der Waals surface area contributed by atoms with Gasteiger partial charge in [-0.1, -0.05) is 13.0 Å². The maximum atomic E-state index is 3.70. The summed E-state index contributed by atoms with van der Waals surface area (Å²) in [7, 11) is 2.15. The third kappa shape index (κ3) is 5.15. The highest BCUT2D eigenvalue weighted by atomic mass is 79.9. The lowest BCUT2D eigenvalue weighted by atomic mass is 10.1. The van der Waals surface area contributed by atoms with Crippen molar-refractivity contribution in [1.82, 2.24) is 5.32 Å². The van der Waals surface area contributed by atoms with Crippen molar-refractivity contribution in [3.63, 3.8) is 0 Å². The molecule has 0 radical (unpaired) electrons. The maximum Gasteiger partial charge on any atom is 0.0510 e. The van der Waals surface area contributed by atoms with E-state index < -0.39 is 0 Å². The molecule has 1 aromatic rings. The van der Waals surface area contributed by atoms with Crippen molar-refractivity contribution in [3.05, 3.63) is 28.2 Å². The fourth-order valence-electron chi connectivity index (χ4n) is 1.82. The number of nitrogens with one attached hydrogen (secondary N) is 1. The van der Waals surface area contributed by atoms with E-state index >= 15 is 0 Å². The van der Waals surface area contributed by atoms with E-state index in [1.807, 2.05) is 0 Å². The van der Waals surface area contributed by atoms with Crippen LogP contribution >= 0.6 is 15.9 Å². The summed E-state index contributed by atoms with van der Waals surface area (Å²) < 4.78 is 1.17. The average molecular weight is 327 g/mol. The molecule has 0 saturated carbocycles. The summed E-state index contributed by atoms with van der Waals surface area (Å²) in [6.45, 7) is 11.9. The Bertz CT molecular complexity index is 410. The Labute approximate surface area is 126 Å². The van der Waals surface area contributed by atoms with Gasteiger partial charge in [0.25, 0.3) is 0 Å². The summed E-state index contributed by atoms with van der Waals surface area (Å²) in [6.07, 6.45) is 1.15. The molecule has 0 spiro atoms. The number of halogens is 1. The fraction of sp³-hybridized carbons (Fsp3) is 0.625. The molecule has 1 rings (SSSR count). The Morgan fingerprint density at radius 2 is 1.95 bits per heavy atom. The Kier molecular flexibility index (Phi) is 5.87. The molecule has 0 bridgehead atoms. The van der Waals surface area contributed by atoms with Crippen molar-refractivity contribution in [2.75, 3.05) is 11.9 Å². The van der Waals surface area contributed by atoms with Crippen LogP contribution in [0, 0.1) is 0 Å². The van der Waals surface area contributed by atoms with Crippen molar-refractivity contribution in [2.45, 2.75) is 59.2 Å². The van der Waals surface area contributed by atoms with Gasteiger partial charge < -0.3 is 10.2 Å². The molecule has 1 unspecified atom stereocenters. The van der Waals surface area contributed by atoms with Crippen molar-refractivity contribution in [2.24, 2.45) is 0 Å². The van der Waals surface area contributed by atoms with Crippen LogP contribution in [0.3, 0.4) is 0 Å². The molecule has 0 aliphatic rings.